The third-order valence-corrected chi connectivity index (χ3v) is 4.10. The molecule has 2 heterocycles. The van der Waals surface area contributed by atoms with Crippen LogP contribution in [0.15, 0.2) is 0 Å². The minimum Gasteiger partial charge on any atom is -0.393 e. The summed E-state index contributed by atoms with van der Waals surface area (Å²) in [4.78, 5) is 13.7. The normalized spacial score (nSPS) is 19.4. The summed E-state index contributed by atoms with van der Waals surface area (Å²) in [6.07, 6.45) is 1.36. The SMILES string of the molecule is CC(O)C1CCN(C(=O)c2nnc(Cl)s2)CC1. The molecule has 1 fully saturated rings. The molecule has 2 rings (SSSR count). The highest BCUT2D eigenvalue weighted by atomic mass is 35.5. The molecule has 1 aliphatic heterocycles. The summed E-state index contributed by atoms with van der Waals surface area (Å²) in [7, 11) is 0. The van der Waals surface area contributed by atoms with Crippen molar-refractivity contribution in [3.8, 4) is 0 Å². The average Bonchev–Trinajstić information content (AvgIpc) is 2.75. The number of carbonyl (C=O) groups is 1. The van der Waals surface area contributed by atoms with Gasteiger partial charge >= 0.3 is 0 Å². The van der Waals surface area contributed by atoms with Crippen LogP contribution in [0.3, 0.4) is 0 Å². The maximum absolute atomic E-state index is 12.0. The molecular weight excluding hydrogens is 262 g/mol. The number of amides is 1. The summed E-state index contributed by atoms with van der Waals surface area (Å²) >= 11 is 6.75. The Labute approximate surface area is 108 Å². The largest absolute Gasteiger partial charge is 0.393 e. The van der Waals surface area contributed by atoms with Gasteiger partial charge in [-0.3, -0.25) is 4.79 Å². The van der Waals surface area contributed by atoms with Gasteiger partial charge in [-0.2, -0.15) is 0 Å². The summed E-state index contributed by atoms with van der Waals surface area (Å²) < 4.78 is 0.284. The van der Waals surface area contributed by atoms with Crippen LogP contribution < -0.4 is 0 Å². The zero-order valence-corrected chi connectivity index (χ0v) is 11.0. The Morgan fingerprint density at radius 3 is 2.65 bits per heavy atom. The second-order valence-corrected chi connectivity index (χ2v) is 5.79. The van der Waals surface area contributed by atoms with Crippen LogP contribution in [0.4, 0.5) is 0 Å². The molecule has 7 heteroatoms. The Hall–Kier alpha value is -0.720. The predicted molar refractivity (Wildman–Crippen MR) is 65.2 cm³/mol. The number of hydrogen-bond acceptors (Lipinski definition) is 5. The number of rotatable bonds is 2. The van der Waals surface area contributed by atoms with Crippen molar-refractivity contribution in [2.24, 2.45) is 5.92 Å². The van der Waals surface area contributed by atoms with E-state index < -0.39 is 0 Å². The Morgan fingerprint density at radius 1 is 1.53 bits per heavy atom. The topological polar surface area (TPSA) is 66.3 Å². The first-order valence-corrected chi connectivity index (χ1v) is 6.73. The van der Waals surface area contributed by atoms with Gasteiger partial charge in [0.2, 0.25) is 9.47 Å². The van der Waals surface area contributed by atoms with E-state index in [1.54, 1.807) is 11.8 Å². The van der Waals surface area contributed by atoms with Gasteiger partial charge in [-0.1, -0.05) is 11.3 Å². The molecule has 0 aromatic carbocycles. The third-order valence-electron chi connectivity index (χ3n) is 3.09. The molecule has 0 spiro atoms. The molecular formula is C10H14ClN3O2S. The number of hydrogen-bond donors (Lipinski definition) is 1. The quantitative estimate of drug-likeness (QED) is 0.887. The van der Waals surface area contributed by atoms with E-state index in [2.05, 4.69) is 10.2 Å². The number of piperidine rings is 1. The molecule has 0 bridgehead atoms. The highest BCUT2D eigenvalue weighted by Crippen LogP contribution is 2.23. The standard InChI is InChI=1S/C10H14ClN3O2S/c1-6(15)7-2-4-14(5-3-7)9(16)8-12-13-10(11)17-8/h6-7,15H,2-5H2,1H3. The van der Waals surface area contributed by atoms with E-state index in [0.29, 0.717) is 18.1 Å². The molecule has 0 aliphatic carbocycles. The van der Waals surface area contributed by atoms with Gasteiger partial charge in [0.25, 0.3) is 5.91 Å². The maximum atomic E-state index is 12.0. The fraction of sp³-hybridized carbons (Fsp3) is 0.700. The highest BCUT2D eigenvalue weighted by Gasteiger charge is 2.27. The van der Waals surface area contributed by atoms with Gasteiger partial charge in [0.15, 0.2) is 0 Å². The number of halogens is 1. The number of aliphatic hydroxyl groups is 1. The molecule has 1 aliphatic rings. The van der Waals surface area contributed by atoms with Gasteiger partial charge in [-0.05, 0) is 37.3 Å². The zero-order valence-electron chi connectivity index (χ0n) is 9.47. The number of carbonyl (C=O) groups excluding carboxylic acids is 1. The first-order chi connectivity index (χ1) is 8.08. The van der Waals surface area contributed by atoms with Gasteiger partial charge in [0.1, 0.15) is 0 Å². The van der Waals surface area contributed by atoms with E-state index >= 15 is 0 Å². The minimum absolute atomic E-state index is 0.113. The molecule has 1 aromatic rings. The Kier molecular flexibility index (Phi) is 3.96. The van der Waals surface area contributed by atoms with Crippen molar-refractivity contribution in [2.45, 2.75) is 25.9 Å². The van der Waals surface area contributed by atoms with Gasteiger partial charge in [-0.15, -0.1) is 10.2 Å². The number of aromatic nitrogens is 2. The van der Waals surface area contributed by atoms with Crippen LogP contribution in [0.5, 0.6) is 0 Å². The second-order valence-electron chi connectivity index (χ2n) is 4.23. The van der Waals surface area contributed by atoms with Crippen LogP contribution >= 0.6 is 22.9 Å². The van der Waals surface area contributed by atoms with Crippen molar-refractivity contribution in [3.05, 3.63) is 9.47 Å². The zero-order chi connectivity index (χ0) is 12.4. The van der Waals surface area contributed by atoms with Gasteiger partial charge < -0.3 is 10.0 Å². The first-order valence-electron chi connectivity index (χ1n) is 5.54. The summed E-state index contributed by atoms with van der Waals surface area (Å²) in [6.45, 7) is 3.11. The monoisotopic (exact) mass is 275 g/mol. The van der Waals surface area contributed by atoms with E-state index in [0.717, 1.165) is 24.2 Å². The van der Waals surface area contributed by atoms with Crippen LogP contribution in [0.25, 0.3) is 0 Å². The molecule has 1 amide bonds. The molecule has 0 saturated carbocycles. The molecule has 1 N–H and O–H groups in total. The molecule has 0 radical (unpaired) electrons. The molecule has 1 atom stereocenters. The van der Waals surface area contributed by atoms with E-state index in [1.807, 2.05) is 0 Å². The lowest BCUT2D eigenvalue weighted by molar-refractivity contribution is 0.0520. The second kappa shape index (κ2) is 5.29. The molecule has 17 heavy (non-hydrogen) atoms. The summed E-state index contributed by atoms with van der Waals surface area (Å²) in [5.74, 6) is 0.176. The van der Waals surface area contributed by atoms with E-state index in [-0.39, 0.29) is 22.4 Å². The number of likely N-dealkylation sites (tertiary alicyclic amines) is 1. The average molecular weight is 276 g/mol. The highest BCUT2D eigenvalue weighted by molar-refractivity contribution is 7.17. The van der Waals surface area contributed by atoms with Crippen molar-refractivity contribution in [1.82, 2.24) is 15.1 Å². The Balaban J connectivity index is 1.95. The van der Waals surface area contributed by atoms with Gasteiger partial charge in [0, 0.05) is 13.1 Å². The molecule has 1 aromatic heterocycles. The van der Waals surface area contributed by atoms with Crippen LogP contribution in [0, 0.1) is 5.92 Å². The Bertz CT molecular complexity index is 402. The van der Waals surface area contributed by atoms with E-state index in [4.69, 9.17) is 11.6 Å². The lowest BCUT2D eigenvalue weighted by atomic mass is 9.92. The predicted octanol–water partition coefficient (Wildman–Crippen LogP) is 1.42. The first kappa shape index (κ1) is 12.7. The molecule has 1 saturated heterocycles. The van der Waals surface area contributed by atoms with Crippen molar-refractivity contribution < 1.29 is 9.90 Å². The number of aliphatic hydroxyl groups excluding tert-OH is 1. The third kappa shape index (κ3) is 2.94. The smallest absolute Gasteiger partial charge is 0.284 e. The molecule has 1 unspecified atom stereocenters. The van der Waals surface area contributed by atoms with E-state index in [9.17, 15) is 9.90 Å². The van der Waals surface area contributed by atoms with Crippen molar-refractivity contribution in [3.63, 3.8) is 0 Å². The molecule has 94 valence electrons. The fourth-order valence-corrected chi connectivity index (χ4v) is 2.81. The Morgan fingerprint density at radius 2 is 2.18 bits per heavy atom. The lowest BCUT2D eigenvalue weighted by Gasteiger charge is -2.32. The molecule has 5 nitrogen and oxygen atoms in total. The van der Waals surface area contributed by atoms with Crippen molar-refractivity contribution in [1.29, 1.82) is 0 Å². The van der Waals surface area contributed by atoms with Crippen LogP contribution in [-0.2, 0) is 0 Å². The lowest BCUT2D eigenvalue weighted by Crippen LogP contribution is -2.40. The van der Waals surface area contributed by atoms with Crippen LogP contribution in [-0.4, -0.2) is 45.3 Å². The number of nitrogens with zero attached hydrogens (tertiary/aromatic N) is 3. The van der Waals surface area contributed by atoms with Crippen LogP contribution in [0.1, 0.15) is 29.6 Å². The van der Waals surface area contributed by atoms with Crippen LogP contribution in [0.2, 0.25) is 4.47 Å². The van der Waals surface area contributed by atoms with E-state index in [1.165, 1.54) is 0 Å². The fourth-order valence-electron chi connectivity index (χ4n) is 2.01. The summed E-state index contributed by atoms with van der Waals surface area (Å²) in [5, 5.41) is 17.2. The van der Waals surface area contributed by atoms with Gasteiger partial charge in [-0.25, -0.2) is 0 Å². The van der Waals surface area contributed by atoms with Gasteiger partial charge in [0.05, 0.1) is 6.10 Å². The summed E-state index contributed by atoms with van der Waals surface area (Å²) in [6, 6.07) is 0. The maximum Gasteiger partial charge on any atom is 0.284 e. The summed E-state index contributed by atoms with van der Waals surface area (Å²) in [5.41, 5.74) is 0. The van der Waals surface area contributed by atoms with Crippen molar-refractivity contribution in [2.75, 3.05) is 13.1 Å². The minimum atomic E-state index is -0.303. The van der Waals surface area contributed by atoms with Crippen molar-refractivity contribution >= 4 is 28.8 Å².